The van der Waals surface area contributed by atoms with Crippen LogP contribution in [0.1, 0.15) is 60.3 Å². The number of nitrogens with zero attached hydrogens (tertiary/aromatic N) is 1. The van der Waals surface area contributed by atoms with E-state index in [1.807, 2.05) is 32.6 Å². The quantitative estimate of drug-likeness (QED) is 0.859. The van der Waals surface area contributed by atoms with Gasteiger partial charge >= 0.3 is 0 Å². The van der Waals surface area contributed by atoms with E-state index in [1.165, 1.54) is 12.8 Å². The van der Waals surface area contributed by atoms with E-state index in [0.29, 0.717) is 6.42 Å². The summed E-state index contributed by atoms with van der Waals surface area (Å²) in [5.74, 6) is 0.861. The van der Waals surface area contributed by atoms with Gasteiger partial charge in [0.1, 0.15) is 12.1 Å². The molecule has 1 aliphatic heterocycles. The number of nitrogens with one attached hydrogen (secondary N) is 1. The Labute approximate surface area is 122 Å². The van der Waals surface area contributed by atoms with E-state index in [4.69, 9.17) is 0 Å². The minimum absolute atomic E-state index is 0.00896. The highest BCUT2D eigenvalue weighted by atomic mass is 16.2. The molecule has 0 bridgehead atoms. The van der Waals surface area contributed by atoms with Gasteiger partial charge in [0.2, 0.25) is 11.8 Å². The maximum atomic E-state index is 12.8. The molecule has 0 aromatic heterocycles. The molecule has 0 aromatic rings. The van der Waals surface area contributed by atoms with E-state index in [1.54, 1.807) is 0 Å². The molecule has 2 aliphatic rings. The zero-order valence-electron chi connectivity index (χ0n) is 13.4. The van der Waals surface area contributed by atoms with E-state index in [0.717, 1.165) is 12.3 Å². The molecule has 1 saturated heterocycles. The van der Waals surface area contributed by atoms with Crippen LogP contribution in [0.2, 0.25) is 0 Å². The lowest BCUT2D eigenvalue weighted by molar-refractivity contribution is -0.155. The predicted molar refractivity (Wildman–Crippen MR) is 79.1 cm³/mol. The van der Waals surface area contributed by atoms with Gasteiger partial charge in [-0.05, 0) is 31.1 Å². The molecule has 3 unspecified atom stereocenters. The summed E-state index contributed by atoms with van der Waals surface area (Å²) in [5, 5.41) is 2.93. The molecule has 114 valence electrons. The monoisotopic (exact) mass is 280 g/mol. The fourth-order valence-electron chi connectivity index (χ4n) is 3.17. The van der Waals surface area contributed by atoms with Crippen LogP contribution in [0.4, 0.5) is 0 Å². The summed E-state index contributed by atoms with van der Waals surface area (Å²) in [4.78, 5) is 27.0. The van der Waals surface area contributed by atoms with Crippen molar-refractivity contribution in [2.75, 3.05) is 0 Å². The van der Waals surface area contributed by atoms with Crippen molar-refractivity contribution in [3.63, 3.8) is 0 Å². The van der Waals surface area contributed by atoms with Crippen molar-refractivity contribution in [3.8, 4) is 0 Å². The van der Waals surface area contributed by atoms with Crippen LogP contribution in [0, 0.1) is 11.3 Å². The van der Waals surface area contributed by atoms with Gasteiger partial charge in [-0.15, -0.1) is 0 Å². The number of carbonyl (C=O) groups is 2. The Morgan fingerprint density at radius 3 is 2.35 bits per heavy atom. The molecule has 20 heavy (non-hydrogen) atoms. The molecule has 1 N–H and O–H groups in total. The molecule has 4 heteroatoms. The lowest BCUT2D eigenvalue weighted by atomic mass is 9.83. The average Bonchev–Trinajstić information content (AvgIpc) is 3.13. The van der Waals surface area contributed by atoms with Crippen LogP contribution in [-0.2, 0) is 9.59 Å². The van der Waals surface area contributed by atoms with E-state index in [9.17, 15) is 9.59 Å². The summed E-state index contributed by atoms with van der Waals surface area (Å²) in [6, 6.07) is -0.537. The summed E-state index contributed by atoms with van der Waals surface area (Å²) >= 11 is 0. The van der Waals surface area contributed by atoms with Crippen LogP contribution in [0.25, 0.3) is 0 Å². The molecule has 0 aromatic carbocycles. The van der Waals surface area contributed by atoms with Gasteiger partial charge in [-0.3, -0.25) is 9.59 Å². The maximum Gasteiger partial charge on any atom is 0.246 e. The zero-order chi connectivity index (χ0) is 15.1. The highest BCUT2D eigenvalue weighted by Crippen LogP contribution is 2.36. The minimum Gasteiger partial charge on any atom is -0.342 e. The summed E-state index contributed by atoms with van der Waals surface area (Å²) < 4.78 is 0. The predicted octanol–water partition coefficient (Wildman–Crippen LogP) is 2.33. The fourth-order valence-corrected chi connectivity index (χ4v) is 3.17. The van der Waals surface area contributed by atoms with Crippen molar-refractivity contribution in [1.82, 2.24) is 10.2 Å². The second-order valence-corrected chi connectivity index (χ2v) is 7.51. The molecule has 2 rings (SSSR count). The Bertz CT molecular complexity index is 396. The van der Waals surface area contributed by atoms with Gasteiger partial charge in [0.25, 0.3) is 0 Å². The molecule has 2 fully saturated rings. The van der Waals surface area contributed by atoms with E-state index in [-0.39, 0.29) is 29.3 Å². The van der Waals surface area contributed by atoms with Crippen LogP contribution in [-0.4, -0.2) is 34.8 Å². The van der Waals surface area contributed by atoms with Gasteiger partial charge < -0.3 is 10.2 Å². The van der Waals surface area contributed by atoms with Crippen molar-refractivity contribution in [1.29, 1.82) is 0 Å². The highest BCUT2D eigenvalue weighted by Gasteiger charge is 2.46. The van der Waals surface area contributed by atoms with Crippen molar-refractivity contribution >= 4 is 11.8 Å². The molecule has 0 spiro atoms. The second-order valence-electron chi connectivity index (χ2n) is 7.51. The van der Waals surface area contributed by atoms with E-state index < -0.39 is 6.04 Å². The van der Waals surface area contributed by atoms with E-state index in [2.05, 4.69) is 12.2 Å². The molecule has 2 amide bonds. The largest absolute Gasteiger partial charge is 0.342 e. The Kier molecular flexibility index (Phi) is 4.12. The third kappa shape index (κ3) is 2.99. The van der Waals surface area contributed by atoms with Gasteiger partial charge in [-0.2, -0.15) is 0 Å². The first-order chi connectivity index (χ1) is 9.25. The summed E-state index contributed by atoms with van der Waals surface area (Å²) in [6.45, 7) is 10.1. The molecule has 4 nitrogen and oxygen atoms in total. The molecule has 3 atom stereocenters. The second kappa shape index (κ2) is 5.38. The smallest absolute Gasteiger partial charge is 0.246 e. The minimum atomic E-state index is -0.403. The Balaban J connectivity index is 2.22. The number of amides is 2. The Morgan fingerprint density at radius 2 is 1.90 bits per heavy atom. The maximum absolute atomic E-state index is 12.8. The first kappa shape index (κ1) is 15.3. The molecule has 0 radical (unpaired) electrons. The average molecular weight is 280 g/mol. The molecule has 1 saturated carbocycles. The van der Waals surface area contributed by atoms with Crippen molar-refractivity contribution in [2.24, 2.45) is 11.3 Å². The molecule has 1 heterocycles. The van der Waals surface area contributed by atoms with Crippen molar-refractivity contribution in [3.05, 3.63) is 0 Å². The summed E-state index contributed by atoms with van der Waals surface area (Å²) in [6.07, 6.45) is 4.27. The third-order valence-electron chi connectivity index (χ3n) is 4.53. The van der Waals surface area contributed by atoms with Gasteiger partial charge in [0.05, 0.1) is 0 Å². The summed E-state index contributed by atoms with van der Waals surface area (Å²) in [5.41, 5.74) is -0.247. The Morgan fingerprint density at radius 1 is 1.30 bits per heavy atom. The van der Waals surface area contributed by atoms with Gasteiger partial charge in [-0.1, -0.05) is 40.5 Å². The first-order valence-corrected chi connectivity index (χ1v) is 7.88. The van der Waals surface area contributed by atoms with Gasteiger partial charge in [-0.25, -0.2) is 0 Å². The van der Waals surface area contributed by atoms with E-state index >= 15 is 0 Å². The number of rotatable bonds is 4. The number of carbonyl (C=O) groups excluding carboxylic acids is 2. The highest BCUT2D eigenvalue weighted by molar-refractivity contribution is 5.97. The zero-order valence-corrected chi connectivity index (χ0v) is 13.4. The summed E-state index contributed by atoms with van der Waals surface area (Å²) in [7, 11) is 0. The fraction of sp³-hybridized carbons (Fsp3) is 0.875. The van der Waals surface area contributed by atoms with Gasteiger partial charge in [0.15, 0.2) is 0 Å². The topological polar surface area (TPSA) is 49.4 Å². The van der Waals surface area contributed by atoms with Gasteiger partial charge in [0, 0.05) is 6.04 Å². The normalized spacial score (nSPS) is 29.4. The molecule has 1 aliphatic carbocycles. The standard InChI is InChI=1S/C16H28N2O2/c1-6-12-14(19)17-13(16(3,4)5)15(20)18(12)10(2)9-11-7-8-11/h10-13H,6-9H2,1-5H3,(H,17,19). The number of piperazine rings is 1. The van der Waals surface area contributed by atoms with Crippen molar-refractivity contribution < 1.29 is 9.59 Å². The van der Waals surface area contributed by atoms with Crippen LogP contribution >= 0.6 is 0 Å². The van der Waals surface area contributed by atoms with Crippen LogP contribution in [0.15, 0.2) is 0 Å². The van der Waals surface area contributed by atoms with Crippen LogP contribution < -0.4 is 5.32 Å². The SMILES string of the molecule is CCC1C(=O)NC(C(C)(C)C)C(=O)N1C(C)CC1CC1. The molecular weight excluding hydrogens is 252 g/mol. The molecular formula is C16H28N2O2. The number of hydrogen-bond donors (Lipinski definition) is 1. The lowest BCUT2D eigenvalue weighted by Crippen LogP contribution is -2.68. The van der Waals surface area contributed by atoms with Crippen LogP contribution in [0.5, 0.6) is 0 Å². The first-order valence-electron chi connectivity index (χ1n) is 7.88. The number of hydrogen-bond acceptors (Lipinski definition) is 2. The van der Waals surface area contributed by atoms with Crippen molar-refractivity contribution in [2.45, 2.75) is 78.4 Å². The lowest BCUT2D eigenvalue weighted by Gasteiger charge is -2.45. The Hall–Kier alpha value is -1.06. The third-order valence-corrected chi connectivity index (χ3v) is 4.53. The van der Waals surface area contributed by atoms with Crippen LogP contribution in [0.3, 0.4) is 0 Å².